The Bertz CT molecular complexity index is 1350. The fourth-order valence-corrected chi connectivity index (χ4v) is 5.05. The van der Waals surface area contributed by atoms with E-state index in [0.29, 0.717) is 6.61 Å². The van der Waals surface area contributed by atoms with E-state index in [2.05, 4.69) is 21.1 Å². The van der Waals surface area contributed by atoms with Gasteiger partial charge in [0, 0.05) is 48.7 Å². The van der Waals surface area contributed by atoms with Crippen molar-refractivity contribution in [3.8, 4) is 5.75 Å². The Kier molecular flexibility index (Phi) is 6.75. The standard InChI is InChI=1S/C29H29N5O3/c35-33-26-8-4-22-19-23(3-7-25(22)26)28-27(20-9-11-30-12-10-20)31-29(32-28)21-1-5-24(6-2-21)37-18-15-34-13-16-36-17-14-34/h1-3,5-7,9-12,19,29,35H,4,8,13-18H2/b33-26+. The van der Waals surface area contributed by atoms with Gasteiger partial charge in [-0.1, -0.05) is 29.4 Å². The van der Waals surface area contributed by atoms with Crippen LogP contribution in [0.5, 0.6) is 5.75 Å². The highest BCUT2D eigenvalue weighted by Gasteiger charge is 2.27. The van der Waals surface area contributed by atoms with E-state index in [1.54, 1.807) is 12.4 Å². The Balaban J connectivity index is 1.23. The maximum absolute atomic E-state index is 9.30. The molecule has 37 heavy (non-hydrogen) atoms. The average molecular weight is 496 g/mol. The van der Waals surface area contributed by atoms with Gasteiger partial charge < -0.3 is 14.7 Å². The number of hydrogen-bond acceptors (Lipinski definition) is 8. The van der Waals surface area contributed by atoms with E-state index in [9.17, 15) is 5.21 Å². The number of ether oxygens (including phenoxy) is 2. The number of fused-ring (bicyclic) bond motifs is 1. The average Bonchev–Trinajstić information content (AvgIpc) is 3.59. The molecule has 1 aliphatic carbocycles. The Morgan fingerprint density at radius 2 is 1.68 bits per heavy atom. The predicted molar refractivity (Wildman–Crippen MR) is 142 cm³/mol. The molecule has 0 saturated carbocycles. The van der Waals surface area contributed by atoms with Crippen LogP contribution in [0.4, 0.5) is 0 Å². The molecule has 1 N–H and O–H groups in total. The monoisotopic (exact) mass is 495 g/mol. The highest BCUT2D eigenvalue weighted by molar-refractivity contribution is 6.54. The molecule has 6 rings (SSSR count). The van der Waals surface area contributed by atoms with Gasteiger partial charge in [0.15, 0.2) is 6.17 Å². The number of benzene rings is 2. The summed E-state index contributed by atoms with van der Waals surface area (Å²) in [5.74, 6) is 0.845. The lowest BCUT2D eigenvalue weighted by molar-refractivity contribution is 0.0322. The van der Waals surface area contributed by atoms with Crippen LogP contribution in [0.15, 0.2) is 82.1 Å². The van der Waals surface area contributed by atoms with Gasteiger partial charge in [0.05, 0.1) is 30.3 Å². The number of hydrogen-bond donors (Lipinski definition) is 1. The molecule has 8 nitrogen and oxygen atoms in total. The summed E-state index contributed by atoms with van der Waals surface area (Å²) in [6.07, 6.45) is 4.82. The fraction of sp³-hybridized carbons (Fsp3) is 0.310. The van der Waals surface area contributed by atoms with E-state index in [-0.39, 0.29) is 6.17 Å². The van der Waals surface area contributed by atoms with E-state index in [0.717, 1.165) is 90.8 Å². The number of morpholine rings is 1. The SMILES string of the molecule is O/N=C1\CCc2cc(C3=NC(c4ccc(OCCN5CCOCC5)cc4)N=C3c3ccncc3)ccc21. The molecule has 3 aliphatic rings. The molecule has 1 aromatic heterocycles. The van der Waals surface area contributed by atoms with Gasteiger partial charge in [-0.3, -0.25) is 19.9 Å². The molecule has 0 spiro atoms. The summed E-state index contributed by atoms with van der Waals surface area (Å²) in [5.41, 5.74) is 7.64. The summed E-state index contributed by atoms with van der Waals surface area (Å²) in [4.78, 5) is 16.6. The van der Waals surface area contributed by atoms with Crippen molar-refractivity contribution in [3.05, 3.63) is 94.8 Å². The number of pyridine rings is 1. The van der Waals surface area contributed by atoms with Crippen molar-refractivity contribution in [2.24, 2.45) is 15.1 Å². The highest BCUT2D eigenvalue weighted by Crippen LogP contribution is 2.31. The number of aromatic nitrogens is 1. The minimum absolute atomic E-state index is 0.330. The highest BCUT2D eigenvalue weighted by atomic mass is 16.5. The Hall–Kier alpha value is -3.88. The van der Waals surface area contributed by atoms with Gasteiger partial charge in [0.25, 0.3) is 0 Å². The van der Waals surface area contributed by atoms with E-state index in [1.807, 2.05) is 48.5 Å². The zero-order chi connectivity index (χ0) is 25.0. The van der Waals surface area contributed by atoms with Crippen molar-refractivity contribution >= 4 is 17.1 Å². The maximum Gasteiger partial charge on any atom is 0.166 e. The van der Waals surface area contributed by atoms with E-state index in [1.165, 1.54) is 5.56 Å². The quantitative estimate of drug-likeness (QED) is 0.396. The van der Waals surface area contributed by atoms with Gasteiger partial charge in [-0.25, -0.2) is 0 Å². The van der Waals surface area contributed by atoms with Crippen molar-refractivity contribution in [1.82, 2.24) is 9.88 Å². The molecule has 1 fully saturated rings. The summed E-state index contributed by atoms with van der Waals surface area (Å²) in [6, 6.07) is 18.2. The van der Waals surface area contributed by atoms with E-state index >= 15 is 0 Å². The third-order valence-corrected chi connectivity index (χ3v) is 7.08. The number of oxime groups is 1. The molecule has 1 saturated heterocycles. The summed E-state index contributed by atoms with van der Waals surface area (Å²) < 4.78 is 11.4. The normalized spacial score (nSPS) is 20.5. The van der Waals surface area contributed by atoms with Gasteiger partial charge in [-0.15, -0.1) is 0 Å². The third-order valence-electron chi connectivity index (χ3n) is 7.08. The number of aliphatic imine (C=N–C) groups is 2. The maximum atomic E-state index is 9.30. The fourth-order valence-electron chi connectivity index (χ4n) is 5.05. The molecular formula is C29H29N5O3. The molecule has 8 heteroatoms. The van der Waals surface area contributed by atoms with Gasteiger partial charge >= 0.3 is 0 Å². The van der Waals surface area contributed by atoms with Crippen LogP contribution in [0.2, 0.25) is 0 Å². The first-order valence-electron chi connectivity index (χ1n) is 12.7. The largest absolute Gasteiger partial charge is 0.492 e. The van der Waals surface area contributed by atoms with Gasteiger partial charge in [0.2, 0.25) is 0 Å². The topological polar surface area (TPSA) is 91.9 Å². The lowest BCUT2D eigenvalue weighted by Gasteiger charge is -2.26. The molecule has 2 aromatic carbocycles. The smallest absolute Gasteiger partial charge is 0.166 e. The summed E-state index contributed by atoms with van der Waals surface area (Å²) in [6.45, 7) is 5.06. The zero-order valence-electron chi connectivity index (χ0n) is 20.6. The first-order chi connectivity index (χ1) is 18.3. The molecule has 188 valence electrons. The number of aryl methyl sites for hydroxylation is 1. The molecule has 0 bridgehead atoms. The molecule has 0 amide bonds. The number of rotatable bonds is 7. The van der Waals surface area contributed by atoms with Crippen LogP contribution in [0.25, 0.3) is 0 Å². The van der Waals surface area contributed by atoms with Crippen molar-refractivity contribution in [2.45, 2.75) is 19.0 Å². The second kappa shape index (κ2) is 10.6. The summed E-state index contributed by atoms with van der Waals surface area (Å²) in [7, 11) is 0. The van der Waals surface area contributed by atoms with Crippen molar-refractivity contribution < 1.29 is 14.7 Å². The van der Waals surface area contributed by atoms with Crippen molar-refractivity contribution in [2.75, 3.05) is 39.5 Å². The second-order valence-corrected chi connectivity index (χ2v) is 9.36. The molecule has 1 atom stereocenters. The third kappa shape index (κ3) is 5.03. The van der Waals surface area contributed by atoms with Crippen molar-refractivity contribution in [1.29, 1.82) is 0 Å². The Morgan fingerprint density at radius 1 is 0.919 bits per heavy atom. The summed E-state index contributed by atoms with van der Waals surface area (Å²) >= 11 is 0. The van der Waals surface area contributed by atoms with Gasteiger partial charge in [0.1, 0.15) is 12.4 Å². The van der Waals surface area contributed by atoms with Crippen LogP contribution in [0.3, 0.4) is 0 Å². The predicted octanol–water partition coefficient (Wildman–Crippen LogP) is 3.91. The Morgan fingerprint density at radius 3 is 2.43 bits per heavy atom. The molecule has 3 heterocycles. The van der Waals surface area contributed by atoms with Crippen molar-refractivity contribution in [3.63, 3.8) is 0 Å². The lowest BCUT2D eigenvalue weighted by Crippen LogP contribution is -2.38. The van der Waals surface area contributed by atoms with Crippen LogP contribution in [0.1, 0.15) is 40.4 Å². The van der Waals surface area contributed by atoms with Crippen LogP contribution in [-0.2, 0) is 11.2 Å². The molecule has 2 aliphatic heterocycles. The molecule has 0 radical (unpaired) electrons. The number of nitrogens with zero attached hydrogens (tertiary/aromatic N) is 5. The Labute approximate surface area is 216 Å². The zero-order valence-corrected chi connectivity index (χ0v) is 20.6. The van der Waals surface area contributed by atoms with Crippen LogP contribution in [0, 0.1) is 0 Å². The first kappa shape index (κ1) is 23.5. The summed E-state index contributed by atoms with van der Waals surface area (Å²) in [5, 5.41) is 12.8. The molecule has 3 aromatic rings. The van der Waals surface area contributed by atoms with Gasteiger partial charge in [-0.05, 0) is 54.3 Å². The van der Waals surface area contributed by atoms with E-state index in [4.69, 9.17) is 19.5 Å². The van der Waals surface area contributed by atoms with Crippen LogP contribution < -0.4 is 4.74 Å². The van der Waals surface area contributed by atoms with Gasteiger partial charge in [-0.2, -0.15) is 0 Å². The lowest BCUT2D eigenvalue weighted by atomic mass is 9.97. The molecule has 1 unspecified atom stereocenters. The second-order valence-electron chi connectivity index (χ2n) is 9.36. The van der Waals surface area contributed by atoms with Crippen LogP contribution >= 0.6 is 0 Å². The first-order valence-corrected chi connectivity index (χ1v) is 12.7. The minimum atomic E-state index is -0.330. The molecular weight excluding hydrogens is 466 g/mol. The minimum Gasteiger partial charge on any atom is -0.492 e. The van der Waals surface area contributed by atoms with E-state index < -0.39 is 0 Å². The van der Waals surface area contributed by atoms with Crippen LogP contribution in [-0.4, -0.2) is 71.7 Å².